The summed E-state index contributed by atoms with van der Waals surface area (Å²) < 4.78 is 18.6. The highest BCUT2D eigenvalue weighted by molar-refractivity contribution is 5.87. The molecule has 0 radical (unpaired) electrons. The van der Waals surface area contributed by atoms with Crippen LogP contribution in [0.4, 0.5) is 4.39 Å². The van der Waals surface area contributed by atoms with Crippen molar-refractivity contribution in [1.82, 2.24) is 10.2 Å². The fourth-order valence-electron chi connectivity index (χ4n) is 4.28. The van der Waals surface area contributed by atoms with Gasteiger partial charge in [-0.1, -0.05) is 42.5 Å². The average molecular weight is 421 g/mol. The molecule has 0 bridgehead atoms. The number of carbonyl (C=O) groups excluding carboxylic acids is 1. The summed E-state index contributed by atoms with van der Waals surface area (Å²) in [5.74, 6) is 0.606. The number of piperidine rings is 1. The maximum absolute atomic E-state index is 12.9. The molecule has 1 aliphatic rings. The second-order valence-corrected chi connectivity index (χ2v) is 8.22. The molecular weight excluding hydrogens is 391 g/mol. The van der Waals surface area contributed by atoms with Gasteiger partial charge in [0, 0.05) is 12.5 Å². The lowest BCUT2D eigenvalue weighted by atomic mass is 9.94. The number of benzene rings is 3. The van der Waals surface area contributed by atoms with Gasteiger partial charge in [-0.25, -0.2) is 4.39 Å². The zero-order chi connectivity index (χ0) is 21.6. The topological polar surface area (TPSA) is 41.6 Å². The molecule has 1 N–H and O–H groups in total. The molecule has 162 valence electrons. The third kappa shape index (κ3) is 5.42. The van der Waals surface area contributed by atoms with Crippen molar-refractivity contribution in [3.63, 3.8) is 0 Å². The predicted octanol–water partition coefficient (Wildman–Crippen LogP) is 4.95. The molecule has 0 saturated carbocycles. The minimum absolute atomic E-state index is 0.0271. The van der Waals surface area contributed by atoms with Crippen molar-refractivity contribution in [1.29, 1.82) is 0 Å². The Morgan fingerprint density at radius 2 is 1.77 bits per heavy atom. The standard InChI is InChI=1S/C26H29FN2O2/c1-19(24-8-4-6-20-5-2-3-7-25(20)24)28-26(30)21-13-15-29(16-14-21)17-18-31-23-11-9-22(27)10-12-23/h2-12,19,21H,13-18H2,1H3,(H,28,30). The number of likely N-dealkylation sites (tertiary alicyclic amines) is 1. The third-order valence-corrected chi connectivity index (χ3v) is 6.10. The summed E-state index contributed by atoms with van der Waals surface area (Å²) in [6.07, 6.45) is 1.70. The Balaban J connectivity index is 1.24. The molecule has 1 amide bonds. The van der Waals surface area contributed by atoms with Gasteiger partial charge in [0.2, 0.25) is 5.91 Å². The van der Waals surface area contributed by atoms with E-state index < -0.39 is 0 Å². The van der Waals surface area contributed by atoms with E-state index in [9.17, 15) is 9.18 Å². The van der Waals surface area contributed by atoms with E-state index in [1.165, 1.54) is 22.9 Å². The Kier molecular flexibility index (Phi) is 6.82. The second-order valence-electron chi connectivity index (χ2n) is 8.22. The van der Waals surface area contributed by atoms with Gasteiger partial charge in [-0.05, 0) is 73.5 Å². The first-order chi connectivity index (χ1) is 15.1. The number of fused-ring (bicyclic) bond motifs is 1. The van der Waals surface area contributed by atoms with Gasteiger partial charge in [-0.3, -0.25) is 9.69 Å². The summed E-state index contributed by atoms with van der Waals surface area (Å²) in [5, 5.41) is 5.61. The van der Waals surface area contributed by atoms with Crippen LogP contribution in [-0.4, -0.2) is 37.0 Å². The van der Waals surface area contributed by atoms with Crippen LogP contribution >= 0.6 is 0 Å². The van der Waals surface area contributed by atoms with Crippen molar-refractivity contribution in [2.24, 2.45) is 5.92 Å². The minimum Gasteiger partial charge on any atom is -0.492 e. The number of amides is 1. The predicted molar refractivity (Wildman–Crippen MR) is 122 cm³/mol. The van der Waals surface area contributed by atoms with Crippen LogP contribution in [0, 0.1) is 11.7 Å². The Morgan fingerprint density at radius 3 is 2.55 bits per heavy atom. The highest BCUT2D eigenvalue weighted by atomic mass is 19.1. The van der Waals surface area contributed by atoms with E-state index in [1.807, 2.05) is 18.2 Å². The first kappa shape index (κ1) is 21.3. The zero-order valence-corrected chi connectivity index (χ0v) is 17.9. The fraction of sp³-hybridized carbons (Fsp3) is 0.346. The molecule has 1 heterocycles. The van der Waals surface area contributed by atoms with Gasteiger partial charge in [-0.2, -0.15) is 0 Å². The van der Waals surface area contributed by atoms with Crippen LogP contribution in [-0.2, 0) is 4.79 Å². The van der Waals surface area contributed by atoms with Gasteiger partial charge < -0.3 is 10.1 Å². The summed E-state index contributed by atoms with van der Waals surface area (Å²) in [5.41, 5.74) is 1.15. The monoisotopic (exact) mass is 420 g/mol. The third-order valence-electron chi connectivity index (χ3n) is 6.10. The van der Waals surface area contributed by atoms with E-state index in [0.717, 1.165) is 38.0 Å². The minimum atomic E-state index is -0.262. The number of hydrogen-bond acceptors (Lipinski definition) is 3. The molecule has 1 fully saturated rings. The van der Waals surface area contributed by atoms with Crippen molar-refractivity contribution < 1.29 is 13.9 Å². The van der Waals surface area contributed by atoms with Gasteiger partial charge in [0.1, 0.15) is 18.2 Å². The lowest BCUT2D eigenvalue weighted by Gasteiger charge is -2.31. The first-order valence-electron chi connectivity index (χ1n) is 11.0. The normalized spacial score (nSPS) is 16.2. The molecular formula is C26H29FN2O2. The maximum Gasteiger partial charge on any atom is 0.223 e. The zero-order valence-electron chi connectivity index (χ0n) is 17.9. The number of halogens is 1. The SMILES string of the molecule is CC(NC(=O)C1CCN(CCOc2ccc(F)cc2)CC1)c1cccc2ccccc12. The molecule has 4 rings (SSSR count). The fourth-order valence-corrected chi connectivity index (χ4v) is 4.28. The summed E-state index contributed by atoms with van der Waals surface area (Å²) in [4.78, 5) is 15.2. The molecule has 0 spiro atoms. The van der Waals surface area contributed by atoms with Crippen LogP contribution in [0.1, 0.15) is 31.4 Å². The Bertz CT molecular complexity index is 1010. The molecule has 31 heavy (non-hydrogen) atoms. The van der Waals surface area contributed by atoms with Crippen LogP contribution in [0.5, 0.6) is 5.75 Å². The number of nitrogens with one attached hydrogen (secondary N) is 1. The number of carbonyl (C=O) groups is 1. The van der Waals surface area contributed by atoms with Gasteiger partial charge in [0.25, 0.3) is 0 Å². The number of hydrogen-bond donors (Lipinski definition) is 1. The first-order valence-corrected chi connectivity index (χ1v) is 11.0. The van der Waals surface area contributed by atoms with Crippen molar-refractivity contribution in [2.75, 3.05) is 26.2 Å². The lowest BCUT2D eigenvalue weighted by Crippen LogP contribution is -2.42. The van der Waals surface area contributed by atoms with Crippen LogP contribution in [0.2, 0.25) is 0 Å². The molecule has 0 aliphatic carbocycles. The smallest absolute Gasteiger partial charge is 0.223 e. The van der Waals surface area contributed by atoms with E-state index in [2.05, 4.69) is 41.4 Å². The molecule has 3 aromatic rings. The summed E-state index contributed by atoms with van der Waals surface area (Å²) in [6.45, 7) is 5.18. The van der Waals surface area contributed by atoms with Crippen molar-refractivity contribution in [2.45, 2.75) is 25.8 Å². The number of nitrogens with zero attached hydrogens (tertiary/aromatic N) is 1. The summed E-state index contributed by atoms with van der Waals surface area (Å²) in [6, 6.07) is 20.6. The lowest BCUT2D eigenvalue weighted by molar-refractivity contribution is -0.127. The largest absolute Gasteiger partial charge is 0.492 e. The quantitative estimate of drug-likeness (QED) is 0.588. The number of rotatable bonds is 7. The molecule has 0 aromatic heterocycles. The Morgan fingerprint density at radius 1 is 1.06 bits per heavy atom. The molecule has 1 atom stereocenters. The Hall–Kier alpha value is -2.92. The highest BCUT2D eigenvalue weighted by Gasteiger charge is 2.26. The maximum atomic E-state index is 12.9. The van der Waals surface area contributed by atoms with Crippen LogP contribution in [0.3, 0.4) is 0 Å². The van der Waals surface area contributed by atoms with E-state index in [-0.39, 0.29) is 23.7 Å². The van der Waals surface area contributed by atoms with Crippen LogP contribution < -0.4 is 10.1 Å². The van der Waals surface area contributed by atoms with Crippen LogP contribution in [0.15, 0.2) is 66.7 Å². The van der Waals surface area contributed by atoms with Gasteiger partial charge in [0.15, 0.2) is 0 Å². The van der Waals surface area contributed by atoms with Gasteiger partial charge in [-0.15, -0.1) is 0 Å². The molecule has 1 saturated heterocycles. The van der Waals surface area contributed by atoms with E-state index >= 15 is 0 Å². The van der Waals surface area contributed by atoms with E-state index in [1.54, 1.807) is 12.1 Å². The van der Waals surface area contributed by atoms with E-state index in [0.29, 0.717) is 12.4 Å². The van der Waals surface area contributed by atoms with Gasteiger partial charge >= 0.3 is 0 Å². The molecule has 1 unspecified atom stereocenters. The Labute approximate surface area is 183 Å². The van der Waals surface area contributed by atoms with Crippen molar-refractivity contribution >= 4 is 16.7 Å². The van der Waals surface area contributed by atoms with Gasteiger partial charge in [0.05, 0.1) is 6.04 Å². The highest BCUT2D eigenvalue weighted by Crippen LogP contribution is 2.25. The van der Waals surface area contributed by atoms with Crippen LogP contribution in [0.25, 0.3) is 10.8 Å². The number of ether oxygens (including phenoxy) is 1. The molecule has 5 heteroatoms. The van der Waals surface area contributed by atoms with Crippen molar-refractivity contribution in [3.8, 4) is 5.75 Å². The summed E-state index contributed by atoms with van der Waals surface area (Å²) >= 11 is 0. The molecule has 4 nitrogen and oxygen atoms in total. The summed E-state index contributed by atoms with van der Waals surface area (Å²) in [7, 11) is 0. The van der Waals surface area contributed by atoms with Crippen molar-refractivity contribution in [3.05, 3.63) is 78.1 Å². The average Bonchev–Trinajstić information content (AvgIpc) is 2.80. The molecule has 1 aliphatic heterocycles. The second kappa shape index (κ2) is 9.92. The molecule has 3 aromatic carbocycles. The van der Waals surface area contributed by atoms with E-state index in [4.69, 9.17) is 4.74 Å².